The third-order valence-electron chi connectivity index (χ3n) is 5.95. The van der Waals surface area contributed by atoms with Gasteiger partial charge in [-0.2, -0.15) is 0 Å². The summed E-state index contributed by atoms with van der Waals surface area (Å²) in [5, 5.41) is 11.0. The van der Waals surface area contributed by atoms with Crippen molar-refractivity contribution < 1.29 is 14.6 Å². The fourth-order valence-electron chi connectivity index (χ4n) is 4.21. The number of aliphatic hydroxyl groups is 1. The Kier molecular flexibility index (Phi) is 7.45. The molecule has 6 heteroatoms. The molecule has 0 aliphatic carbocycles. The average Bonchev–Trinajstić information content (AvgIpc) is 3.22. The zero-order chi connectivity index (χ0) is 22.2. The molecule has 2 heterocycles. The Labute approximate surface area is 190 Å². The number of hydrogen-bond donors (Lipinski definition) is 1. The Morgan fingerprint density at radius 1 is 1.03 bits per heavy atom. The molecule has 0 bridgehead atoms. The van der Waals surface area contributed by atoms with Crippen LogP contribution in [0, 0.1) is 6.92 Å². The van der Waals surface area contributed by atoms with Gasteiger partial charge in [0.2, 0.25) is 0 Å². The van der Waals surface area contributed by atoms with Gasteiger partial charge in [-0.25, -0.2) is 4.98 Å². The Morgan fingerprint density at radius 3 is 2.56 bits per heavy atom. The zero-order valence-corrected chi connectivity index (χ0v) is 18.8. The van der Waals surface area contributed by atoms with E-state index in [4.69, 9.17) is 9.47 Å². The van der Waals surface area contributed by atoms with Crippen molar-refractivity contribution in [1.82, 2.24) is 14.5 Å². The second-order valence-corrected chi connectivity index (χ2v) is 8.65. The maximum Gasteiger partial charge on any atom is 0.119 e. The highest BCUT2D eigenvalue weighted by Gasteiger charge is 2.34. The van der Waals surface area contributed by atoms with E-state index in [1.54, 1.807) is 0 Å². The molecule has 0 amide bonds. The van der Waals surface area contributed by atoms with Crippen molar-refractivity contribution in [3.8, 4) is 11.5 Å². The molecular formula is C26H33N3O3. The van der Waals surface area contributed by atoms with Crippen LogP contribution < -0.4 is 9.47 Å². The summed E-state index contributed by atoms with van der Waals surface area (Å²) in [5.41, 5.74) is 0.407. The lowest BCUT2D eigenvalue weighted by molar-refractivity contribution is -0.0621. The summed E-state index contributed by atoms with van der Waals surface area (Å²) in [6, 6.07) is 18.0. The summed E-state index contributed by atoms with van der Waals surface area (Å²) in [7, 11) is 0. The van der Waals surface area contributed by atoms with Gasteiger partial charge in [0, 0.05) is 32.0 Å². The third kappa shape index (κ3) is 6.34. The molecule has 0 radical (unpaired) electrons. The predicted molar refractivity (Wildman–Crippen MR) is 125 cm³/mol. The summed E-state index contributed by atoms with van der Waals surface area (Å²) in [6.07, 6.45) is 6.50. The van der Waals surface area contributed by atoms with Crippen LogP contribution in [0.25, 0.3) is 0 Å². The molecule has 32 heavy (non-hydrogen) atoms. The van der Waals surface area contributed by atoms with Crippen molar-refractivity contribution in [3.63, 3.8) is 0 Å². The van der Waals surface area contributed by atoms with E-state index in [0.717, 1.165) is 56.2 Å². The SMILES string of the molecule is Cc1nccn1CCCOc1ccc(CN2CCC[C@](O)(COc3ccccc3)C2)cc1. The van der Waals surface area contributed by atoms with Gasteiger partial charge in [0.15, 0.2) is 0 Å². The van der Waals surface area contributed by atoms with Crippen LogP contribution in [0.4, 0.5) is 0 Å². The fraction of sp³-hybridized carbons (Fsp3) is 0.423. The monoisotopic (exact) mass is 435 g/mol. The summed E-state index contributed by atoms with van der Waals surface area (Å²) in [4.78, 5) is 6.55. The molecule has 1 fully saturated rings. The van der Waals surface area contributed by atoms with Crippen molar-refractivity contribution in [2.24, 2.45) is 0 Å². The summed E-state index contributed by atoms with van der Waals surface area (Å²) < 4.78 is 13.9. The number of piperidine rings is 1. The van der Waals surface area contributed by atoms with E-state index in [0.29, 0.717) is 19.8 Å². The van der Waals surface area contributed by atoms with Gasteiger partial charge in [-0.15, -0.1) is 0 Å². The van der Waals surface area contributed by atoms with E-state index in [-0.39, 0.29) is 0 Å². The van der Waals surface area contributed by atoms with Crippen molar-refractivity contribution in [2.45, 2.75) is 44.9 Å². The second kappa shape index (κ2) is 10.7. The number of β-amino-alcohol motifs (C(OH)–C–C–N with tert-alkyl or cyclic N) is 1. The van der Waals surface area contributed by atoms with Gasteiger partial charge in [0.25, 0.3) is 0 Å². The molecule has 1 aromatic heterocycles. The van der Waals surface area contributed by atoms with Gasteiger partial charge >= 0.3 is 0 Å². The highest BCUT2D eigenvalue weighted by molar-refractivity contribution is 5.27. The summed E-state index contributed by atoms with van der Waals surface area (Å²) in [5.74, 6) is 2.72. The third-order valence-corrected chi connectivity index (χ3v) is 5.95. The molecule has 170 valence electrons. The highest BCUT2D eigenvalue weighted by atomic mass is 16.5. The zero-order valence-electron chi connectivity index (χ0n) is 18.8. The predicted octanol–water partition coefficient (Wildman–Crippen LogP) is 4.07. The topological polar surface area (TPSA) is 59.8 Å². The molecule has 4 rings (SSSR count). The highest BCUT2D eigenvalue weighted by Crippen LogP contribution is 2.24. The second-order valence-electron chi connectivity index (χ2n) is 8.65. The number of ether oxygens (including phenoxy) is 2. The van der Waals surface area contributed by atoms with Crippen LogP contribution in [0.3, 0.4) is 0 Å². The Hall–Kier alpha value is -2.83. The van der Waals surface area contributed by atoms with E-state index in [1.807, 2.05) is 61.8 Å². The molecule has 1 aliphatic rings. The van der Waals surface area contributed by atoms with Crippen LogP contribution in [0.1, 0.15) is 30.7 Å². The quantitative estimate of drug-likeness (QED) is 0.487. The van der Waals surface area contributed by atoms with E-state index in [9.17, 15) is 5.11 Å². The largest absolute Gasteiger partial charge is 0.494 e. The van der Waals surface area contributed by atoms with Crippen LogP contribution in [-0.2, 0) is 13.1 Å². The first-order valence-corrected chi connectivity index (χ1v) is 11.4. The Balaban J connectivity index is 1.21. The van der Waals surface area contributed by atoms with Crippen LogP contribution in [-0.4, -0.2) is 51.5 Å². The number of aryl methyl sites for hydroxylation is 2. The van der Waals surface area contributed by atoms with Crippen molar-refractivity contribution in [2.75, 3.05) is 26.3 Å². The van der Waals surface area contributed by atoms with Gasteiger partial charge < -0.3 is 19.1 Å². The minimum atomic E-state index is -0.815. The number of rotatable bonds is 10. The van der Waals surface area contributed by atoms with Gasteiger partial charge in [0.05, 0.1) is 6.61 Å². The average molecular weight is 436 g/mol. The minimum absolute atomic E-state index is 0.318. The first-order valence-electron chi connectivity index (χ1n) is 11.4. The molecule has 1 atom stereocenters. The standard InChI is InChI=1S/C26H33N3O3/c1-22-27-14-17-29(22)16-6-18-31-25-11-9-23(10-12-25)19-28-15-5-13-26(30,20-28)21-32-24-7-3-2-4-8-24/h2-4,7-12,14,17,30H,5-6,13,15-16,18-21H2,1H3/t26-/m1/s1. The Morgan fingerprint density at radius 2 is 1.81 bits per heavy atom. The lowest BCUT2D eigenvalue weighted by Gasteiger charge is -2.39. The van der Waals surface area contributed by atoms with Crippen LogP contribution >= 0.6 is 0 Å². The molecule has 3 aromatic rings. The van der Waals surface area contributed by atoms with Crippen molar-refractivity contribution in [3.05, 3.63) is 78.4 Å². The Bertz CT molecular complexity index is 958. The molecule has 1 saturated heterocycles. The van der Waals surface area contributed by atoms with Crippen LogP contribution in [0.15, 0.2) is 67.0 Å². The van der Waals surface area contributed by atoms with Crippen LogP contribution in [0.2, 0.25) is 0 Å². The van der Waals surface area contributed by atoms with Gasteiger partial charge in [0.1, 0.15) is 29.5 Å². The number of hydrogen-bond acceptors (Lipinski definition) is 5. The minimum Gasteiger partial charge on any atom is -0.494 e. The molecule has 0 saturated carbocycles. The van der Waals surface area contributed by atoms with Gasteiger partial charge in [-0.3, -0.25) is 4.90 Å². The molecule has 6 nitrogen and oxygen atoms in total. The molecule has 2 aromatic carbocycles. The number of para-hydroxylation sites is 1. The van der Waals surface area contributed by atoms with Crippen LogP contribution in [0.5, 0.6) is 11.5 Å². The molecule has 1 N–H and O–H groups in total. The normalized spacial score (nSPS) is 19.1. The summed E-state index contributed by atoms with van der Waals surface area (Å²) >= 11 is 0. The first-order chi connectivity index (χ1) is 15.6. The number of nitrogens with zero attached hydrogens (tertiary/aromatic N) is 3. The van der Waals surface area contributed by atoms with Gasteiger partial charge in [-0.1, -0.05) is 30.3 Å². The van der Waals surface area contributed by atoms with Crippen molar-refractivity contribution in [1.29, 1.82) is 0 Å². The summed E-state index contributed by atoms with van der Waals surface area (Å²) in [6.45, 7) is 6.34. The molecular weight excluding hydrogens is 402 g/mol. The van der Waals surface area contributed by atoms with Gasteiger partial charge in [-0.05, 0) is 62.6 Å². The van der Waals surface area contributed by atoms with E-state index in [1.165, 1.54) is 5.56 Å². The van der Waals surface area contributed by atoms with Crippen molar-refractivity contribution >= 4 is 0 Å². The number of imidazole rings is 1. The maximum absolute atomic E-state index is 11.0. The first kappa shape index (κ1) is 22.4. The number of benzene rings is 2. The molecule has 0 unspecified atom stereocenters. The molecule has 0 spiro atoms. The maximum atomic E-state index is 11.0. The number of aromatic nitrogens is 2. The fourth-order valence-corrected chi connectivity index (χ4v) is 4.21. The van der Waals surface area contributed by atoms with E-state index >= 15 is 0 Å². The van der Waals surface area contributed by atoms with E-state index in [2.05, 4.69) is 26.6 Å². The lowest BCUT2D eigenvalue weighted by Crippen LogP contribution is -2.51. The molecule has 1 aliphatic heterocycles. The number of likely N-dealkylation sites (tertiary alicyclic amines) is 1. The smallest absolute Gasteiger partial charge is 0.119 e. The lowest BCUT2D eigenvalue weighted by atomic mass is 9.93. The van der Waals surface area contributed by atoms with E-state index < -0.39 is 5.60 Å².